The molecule has 1 saturated heterocycles. The summed E-state index contributed by atoms with van der Waals surface area (Å²) in [6.45, 7) is 1.58. The topological polar surface area (TPSA) is 58.1 Å². The number of nitrogens with zero attached hydrogens (tertiary/aromatic N) is 3. The molecule has 2 aromatic rings. The van der Waals surface area contributed by atoms with Gasteiger partial charge in [-0.2, -0.15) is 0 Å². The van der Waals surface area contributed by atoms with E-state index in [1.54, 1.807) is 30.5 Å². The largest absolute Gasteiger partial charge is 0.337 e. The van der Waals surface area contributed by atoms with Gasteiger partial charge in [0.15, 0.2) is 0 Å². The molecule has 1 aromatic heterocycles. The zero-order valence-electron chi connectivity index (χ0n) is 13.1. The molecule has 5 nitrogen and oxygen atoms in total. The van der Waals surface area contributed by atoms with E-state index in [9.17, 15) is 4.79 Å². The van der Waals surface area contributed by atoms with Crippen molar-refractivity contribution in [3.8, 4) is 0 Å². The van der Waals surface area contributed by atoms with Crippen LogP contribution in [0.5, 0.6) is 0 Å². The minimum absolute atomic E-state index is 0.0449. The van der Waals surface area contributed by atoms with E-state index in [1.807, 2.05) is 4.90 Å². The first-order chi connectivity index (χ1) is 11.6. The Morgan fingerprint density at radius 3 is 2.50 bits per heavy atom. The smallest absolute Gasteiger partial charge is 0.272 e. The first kappa shape index (κ1) is 17.0. The molecule has 1 aliphatic heterocycles. The van der Waals surface area contributed by atoms with Gasteiger partial charge in [-0.25, -0.2) is 9.97 Å². The van der Waals surface area contributed by atoms with Gasteiger partial charge < -0.3 is 10.2 Å². The zero-order valence-corrected chi connectivity index (χ0v) is 14.6. The third kappa shape index (κ3) is 4.16. The van der Waals surface area contributed by atoms with E-state index in [1.165, 1.54) is 12.8 Å². The summed E-state index contributed by atoms with van der Waals surface area (Å²) in [5.74, 6) is 0.311. The van der Waals surface area contributed by atoms with Gasteiger partial charge in [-0.3, -0.25) is 4.79 Å². The molecule has 2 heterocycles. The second-order valence-electron chi connectivity index (χ2n) is 5.73. The van der Waals surface area contributed by atoms with Crippen LogP contribution in [0.1, 0.15) is 36.2 Å². The SMILES string of the molecule is O=C(c1ccnc(Nc2ccc(Cl)c(Cl)c2)n1)N1CCCCCC1. The molecular formula is C17H18Cl2N4O. The summed E-state index contributed by atoms with van der Waals surface area (Å²) in [4.78, 5) is 23.0. The number of aromatic nitrogens is 2. The van der Waals surface area contributed by atoms with Crippen LogP contribution < -0.4 is 5.32 Å². The molecule has 0 atom stereocenters. The van der Waals surface area contributed by atoms with E-state index >= 15 is 0 Å². The second kappa shape index (κ2) is 7.81. The fourth-order valence-electron chi connectivity index (χ4n) is 2.68. The summed E-state index contributed by atoms with van der Waals surface area (Å²) in [6.07, 6.45) is 6.03. The van der Waals surface area contributed by atoms with Gasteiger partial charge in [-0.15, -0.1) is 0 Å². The number of amides is 1. The van der Waals surface area contributed by atoms with E-state index in [0.717, 1.165) is 25.9 Å². The highest BCUT2D eigenvalue weighted by molar-refractivity contribution is 6.42. The maximum absolute atomic E-state index is 12.6. The molecule has 7 heteroatoms. The molecule has 1 aromatic carbocycles. The van der Waals surface area contributed by atoms with E-state index in [0.29, 0.717) is 27.4 Å². The number of hydrogen-bond acceptors (Lipinski definition) is 4. The number of rotatable bonds is 3. The monoisotopic (exact) mass is 364 g/mol. The van der Waals surface area contributed by atoms with Crippen molar-refractivity contribution in [2.75, 3.05) is 18.4 Å². The fourth-order valence-corrected chi connectivity index (χ4v) is 2.97. The molecule has 1 amide bonds. The Bertz CT molecular complexity index is 730. The van der Waals surface area contributed by atoms with Gasteiger partial charge in [-0.05, 0) is 37.1 Å². The summed E-state index contributed by atoms with van der Waals surface area (Å²) < 4.78 is 0. The summed E-state index contributed by atoms with van der Waals surface area (Å²) in [7, 11) is 0. The predicted octanol–water partition coefficient (Wildman–Crippen LogP) is 4.54. The van der Waals surface area contributed by atoms with Crippen molar-refractivity contribution >= 4 is 40.7 Å². The highest BCUT2D eigenvalue weighted by atomic mass is 35.5. The number of carbonyl (C=O) groups is 1. The molecule has 1 N–H and O–H groups in total. The van der Waals surface area contributed by atoms with Crippen LogP contribution in [0, 0.1) is 0 Å². The standard InChI is InChI=1S/C17H18Cl2N4O/c18-13-6-5-12(11-14(13)19)21-17-20-8-7-15(22-17)16(24)23-9-3-1-2-4-10-23/h5-8,11H,1-4,9-10H2,(H,20,21,22). The molecule has 1 aliphatic rings. The van der Waals surface area contributed by atoms with Crippen LogP contribution in [0.25, 0.3) is 0 Å². The number of nitrogens with one attached hydrogen (secondary N) is 1. The average Bonchev–Trinajstić information content (AvgIpc) is 2.87. The van der Waals surface area contributed by atoms with Crippen molar-refractivity contribution < 1.29 is 4.79 Å². The second-order valence-corrected chi connectivity index (χ2v) is 6.54. The Kier molecular flexibility index (Phi) is 5.53. The van der Waals surface area contributed by atoms with Crippen molar-refractivity contribution in [1.82, 2.24) is 14.9 Å². The molecular weight excluding hydrogens is 347 g/mol. The van der Waals surface area contributed by atoms with Gasteiger partial charge in [0.2, 0.25) is 5.95 Å². The van der Waals surface area contributed by atoms with Gasteiger partial charge in [0.1, 0.15) is 5.69 Å². The predicted molar refractivity (Wildman–Crippen MR) is 96.1 cm³/mol. The Labute approximate surface area is 151 Å². The molecule has 0 radical (unpaired) electrons. The summed E-state index contributed by atoms with van der Waals surface area (Å²) in [6, 6.07) is 6.81. The normalized spacial score (nSPS) is 15.0. The molecule has 24 heavy (non-hydrogen) atoms. The molecule has 126 valence electrons. The molecule has 0 saturated carbocycles. The first-order valence-corrected chi connectivity index (χ1v) is 8.73. The van der Waals surface area contributed by atoms with Gasteiger partial charge in [-0.1, -0.05) is 36.0 Å². The highest BCUT2D eigenvalue weighted by Gasteiger charge is 2.19. The fraction of sp³-hybridized carbons (Fsp3) is 0.353. The number of hydrogen-bond donors (Lipinski definition) is 1. The summed E-state index contributed by atoms with van der Waals surface area (Å²) in [5, 5.41) is 3.97. The number of anilines is 2. The molecule has 0 spiro atoms. The minimum atomic E-state index is -0.0449. The molecule has 0 aliphatic carbocycles. The van der Waals surface area contributed by atoms with Crippen LogP contribution in [-0.4, -0.2) is 33.9 Å². The van der Waals surface area contributed by atoms with Crippen LogP contribution in [0.4, 0.5) is 11.6 Å². The third-order valence-corrected chi connectivity index (χ3v) is 4.68. The third-order valence-electron chi connectivity index (χ3n) is 3.94. The van der Waals surface area contributed by atoms with E-state index in [2.05, 4.69) is 15.3 Å². The van der Waals surface area contributed by atoms with Crippen molar-refractivity contribution in [3.63, 3.8) is 0 Å². The van der Waals surface area contributed by atoms with Gasteiger partial charge in [0, 0.05) is 25.0 Å². The van der Waals surface area contributed by atoms with Crippen molar-refractivity contribution in [3.05, 3.63) is 46.2 Å². The van der Waals surface area contributed by atoms with Crippen molar-refractivity contribution in [2.45, 2.75) is 25.7 Å². The van der Waals surface area contributed by atoms with Crippen LogP contribution in [-0.2, 0) is 0 Å². The van der Waals surface area contributed by atoms with Crippen molar-refractivity contribution in [2.24, 2.45) is 0 Å². The van der Waals surface area contributed by atoms with E-state index in [-0.39, 0.29) is 5.91 Å². The zero-order chi connectivity index (χ0) is 16.9. The first-order valence-electron chi connectivity index (χ1n) is 7.98. The highest BCUT2D eigenvalue weighted by Crippen LogP contribution is 2.26. The summed E-state index contributed by atoms with van der Waals surface area (Å²) >= 11 is 11.9. The number of halogens is 2. The summed E-state index contributed by atoms with van der Waals surface area (Å²) in [5.41, 5.74) is 1.11. The van der Waals surface area contributed by atoms with Gasteiger partial charge in [0.05, 0.1) is 10.0 Å². The van der Waals surface area contributed by atoms with Gasteiger partial charge >= 0.3 is 0 Å². The van der Waals surface area contributed by atoms with Crippen LogP contribution >= 0.6 is 23.2 Å². The Balaban J connectivity index is 1.75. The molecule has 0 bridgehead atoms. The Hall–Kier alpha value is -1.85. The maximum Gasteiger partial charge on any atom is 0.272 e. The van der Waals surface area contributed by atoms with Crippen molar-refractivity contribution in [1.29, 1.82) is 0 Å². The number of benzene rings is 1. The van der Waals surface area contributed by atoms with Crippen LogP contribution in [0.15, 0.2) is 30.5 Å². The molecule has 0 unspecified atom stereocenters. The number of likely N-dealkylation sites (tertiary alicyclic amines) is 1. The lowest BCUT2D eigenvalue weighted by Gasteiger charge is -2.19. The quantitative estimate of drug-likeness (QED) is 0.867. The molecule has 1 fully saturated rings. The molecule has 3 rings (SSSR count). The lowest BCUT2D eigenvalue weighted by atomic mass is 10.2. The Morgan fingerprint density at radius 2 is 1.79 bits per heavy atom. The van der Waals surface area contributed by atoms with Crippen LogP contribution in [0.3, 0.4) is 0 Å². The minimum Gasteiger partial charge on any atom is -0.337 e. The lowest BCUT2D eigenvalue weighted by molar-refractivity contribution is 0.0755. The van der Waals surface area contributed by atoms with Gasteiger partial charge in [0.25, 0.3) is 5.91 Å². The van der Waals surface area contributed by atoms with E-state index in [4.69, 9.17) is 23.2 Å². The number of carbonyl (C=O) groups excluding carboxylic acids is 1. The van der Waals surface area contributed by atoms with E-state index < -0.39 is 0 Å². The lowest BCUT2D eigenvalue weighted by Crippen LogP contribution is -2.32. The maximum atomic E-state index is 12.6. The van der Waals surface area contributed by atoms with Crippen LogP contribution in [0.2, 0.25) is 10.0 Å². The Morgan fingerprint density at radius 1 is 1.04 bits per heavy atom. The average molecular weight is 365 g/mol.